The highest BCUT2D eigenvalue weighted by Crippen LogP contribution is 2.28. The maximum absolute atomic E-state index is 11.7. The van der Waals surface area contributed by atoms with Crippen molar-refractivity contribution in [3.05, 3.63) is 20.8 Å². The number of carbonyl (C=O) groups is 1. The molecule has 1 unspecified atom stereocenters. The molecule has 4 heteroatoms. The minimum absolute atomic E-state index is 0.170. The summed E-state index contributed by atoms with van der Waals surface area (Å²) in [5.41, 5.74) is -0.417. The molecule has 0 aromatic carbocycles. The van der Waals surface area contributed by atoms with Gasteiger partial charge in [0, 0.05) is 14.7 Å². The van der Waals surface area contributed by atoms with Crippen LogP contribution in [-0.4, -0.2) is 11.6 Å². The predicted molar refractivity (Wildman–Crippen MR) is 66.3 cm³/mol. The number of thiophene rings is 1. The fourth-order valence-corrected chi connectivity index (χ4v) is 2.55. The SMILES string of the molecule is CC(C(=O)OC(C)(C)C)c1cc(Br)cs1. The van der Waals surface area contributed by atoms with Gasteiger partial charge in [0.15, 0.2) is 0 Å². The van der Waals surface area contributed by atoms with Crippen LogP contribution in [0.2, 0.25) is 0 Å². The summed E-state index contributed by atoms with van der Waals surface area (Å²) in [7, 11) is 0. The van der Waals surface area contributed by atoms with E-state index in [0.717, 1.165) is 9.35 Å². The number of esters is 1. The van der Waals surface area contributed by atoms with Gasteiger partial charge in [0.05, 0.1) is 5.92 Å². The Morgan fingerprint density at radius 3 is 2.53 bits per heavy atom. The van der Waals surface area contributed by atoms with Crippen molar-refractivity contribution < 1.29 is 9.53 Å². The lowest BCUT2D eigenvalue weighted by Crippen LogP contribution is -2.26. The lowest BCUT2D eigenvalue weighted by molar-refractivity contribution is -0.156. The number of hydrogen-bond acceptors (Lipinski definition) is 3. The highest BCUT2D eigenvalue weighted by atomic mass is 79.9. The van der Waals surface area contributed by atoms with Crippen LogP contribution >= 0.6 is 27.3 Å². The Labute approximate surface area is 103 Å². The smallest absolute Gasteiger partial charge is 0.314 e. The third kappa shape index (κ3) is 3.95. The second kappa shape index (κ2) is 4.66. The number of halogens is 1. The molecule has 0 fully saturated rings. The van der Waals surface area contributed by atoms with Crippen molar-refractivity contribution >= 4 is 33.2 Å². The molecule has 2 nitrogen and oxygen atoms in total. The van der Waals surface area contributed by atoms with Gasteiger partial charge in [-0.15, -0.1) is 11.3 Å². The minimum Gasteiger partial charge on any atom is -0.459 e. The van der Waals surface area contributed by atoms with E-state index in [1.54, 1.807) is 11.3 Å². The third-order valence-electron chi connectivity index (χ3n) is 1.77. The molecule has 15 heavy (non-hydrogen) atoms. The standard InChI is InChI=1S/C11H15BrO2S/c1-7(9-5-8(12)6-15-9)10(13)14-11(2,3)4/h5-7H,1-4H3. The van der Waals surface area contributed by atoms with Gasteiger partial charge in [-0.05, 0) is 49.7 Å². The average Bonchev–Trinajstić information content (AvgIpc) is 2.47. The monoisotopic (exact) mass is 290 g/mol. The Hall–Kier alpha value is -0.350. The summed E-state index contributed by atoms with van der Waals surface area (Å²) < 4.78 is 6.33. The Morgan fingerprint density at radius 1 is 1.53 bits per heavy atom. The molecule has 1 atom stereocenters. The first kappa shape index (κ1) is 12.7. The molecule has 1 aromatic heterocycles. The number of carbonyl (C=O) groups excluding carboxylic acids is 1. The van der Waals surface area contributed by atoms with Crippen molar-refractivity contribution in [1.82, 2.24) is 0 Å². The van der Waals surface area contributed by atoms with Crippen molar-refractivity contribution in [3.63, 3.8) is 0 Å². The lowest BCUT2D eigenvalue weighted by atomic mass is 10.1. The van der Waals surface area contributed by atoms with E-state index in [1.807, 2.05) is 39.1 Å². The van der Waals surface area contributed by atoms with Gasteiger partial charge < -0.3 is 4.74 Å². The molecule has 0 spiro atoms. The summed E-state index contributed by atoms with van der Waals surface area (Å²) in [5, 5.41) is 1.97. The second-order valence-electron chi connectivity index (χ2n) is 4.42. The van der Waals surface area contributed by atoms with Gasteiger partial charge in [-0.3, -0.25) is 4.79 Å². The second-order valence-corrected chi connectivity index (χ2v) is 6.28. The van der Waals surface area contributed by atoms with Gasteiger partial charge in [-0.25, -0.2) is 0 Å². The van der Waals surface area contributed by atoms with E-state index in [4.69, 9.17) is 4.74 Å². The number of rotatable bonds is 2. The summed E-state index contributed by atoms with van der Waals surface area (Å²) in [5.74, 6) is -0.364. The fourth-order valence-electron chi connectivity index (χ4n) is 1.06. The van der Waals surface area contributed by atoms with E-state index in [9.17, 15) is 4.79 Å². The molecule has 0 N–H and O–H groups in total. The quantitative estimate of drug-likeness (QED) is 0.771. The molecular weight excluding hydrogens is 276 g/mol. The molecule has 0 aliphatic carbocycles. The van der Waals surface area contributed by atoms with E-state index in [-0.39, 0.29) is 11.9 Å². The van der Waals surface area contributed by atoms with E-state index in [1.165, 1.54) is 0 Å². The molecular formula is C11H15BrO2S. The van der Waals surface area contributed by atoms with E-state index < -0.39 is 5.60 Å². The normalized spacial score (nSPS) is 13.7. The van der Waals surface area contributed by atoms with E-state index >= 15 is 0 Å². The van der Waals surface area contributed by atoms with Gasteiger partial charge in [-0.2, -0.15) is 0 Å². The van der Waals surface area contributed by atoms with E-state index in [0.29, 0.717) is 0 Å². The molecule has 0 saturated carbocycles. The van der Waals surface area contributed by atoms with Crippen LogP contribution in [0, 0.1) is 0 Å². The average molecular weight is 291 g/mol. The highest BCUT2D eigenvalue weighted by molar-refractivity contribution is 9.10. The molecule has 0 bridgehead atoms. The topological polar surface area (TPSA) is 26.3 Å². The molecule has 0 aliphatic heterocycles. The molecule has 1 aromatic rings. The van der Waals surface area contributed by atoms with Crippen molar-refractivity contribution in [3.8, 4) is 0 Å². The number of ether oxygens (including phenoxy) is 1. The molecule has 1 rings (SSSR count). The van der Waals surface area contributed by atoms with Gasteiger partial charge >= 0.3 is 5.97 Å². The van der Waals surface area contributed by atoms with Crippen LogP contribution < -0.4 is 0 Å². The maximum atomic E-state index is 11.7. The van der Waals surface area contributed by atoms with Crippen molar-refractivity contribution in [2.24, 2.45) is 0 Å². The number of hydrogen-bond donors (Lipinski definition) is 0. The van der Waals surface area contributed by atoms with Crippen LogP contribution in [-0.2, 0) is 9.53 Å². The zero-order valence-corrected chi connectivity index (χ0v) is 11.7. The Balaban J connectivity index is 2.69. The zero-order chi connectivity index (χ0) is 11.6. The Morgan fingerprint density at radius 2 is 2.13 bits per heavy atom. The lowest BCUT2D eigenvalue weighted by Gasteiger charge is -2.21. The van der Waals surface area contributed by atoms with Crippen LogP contribution in [0.25, 0.3) is 0 Å². The summed E-state index contributed by atoms with van der Waals surface area (Å²) in [6.45, 7) is 7.50. The first-order valence-electron chi connectivity index (χ1n) is 4.76. The zero-order valence-electron chi connectivity index (χ0n) is 9.33. The summed E-state index contributed by atoms with van der Waals surface area (Å²) >= 11 is 4.93. The summed E-state index contributed by atoms with van der Waals surface area (Å²) in [6, 6.07) is 1.96. The largest absolute Gasteiger partial charge is 0.459 e. The Kier molecular flexibility index (Phi) is 3.95. The van der Waals surface area contributed by atoms with Crippen molar-refractivity contribution in [1.29, 1.82) is 0 Å². The van der Waals surface area contributed by atoms with Gasteiger partial charge in [0.25, 0.3) is 0 Å². The fraction of sp³-hybridized carbons (Fsp3) is 0.545. The van der Waals surface area contributed by atoms with Crippen LogP contribution in [0.15, 0.2) is 15.9 Å². The van der Waals surface area contributed by atoms with Crippen LogP contribution in [0.3, 0.4) is 0 Å². The third-order valence-corrected chi connectivity index (χ3v) is 3.65. The van der Waals surface area contributed by atoms with Crippen molar-refractivity contribution in [2.75, 3.05) is 0 Å². The van der Waals surface area contributed by atoms with Crippen LogP contribution in [0.5, 0.6) is 0 Å². The van der Waals surface area contributed by atoms with Gasteiger partial charge in [0.2, 0.25) is 0 Å². The first-order chi connectivity index (χ1) is 6.79. The molecule has 0 saturated heterocycles. The van der Waals surface area contributed by atoms with Gasteiger partial charge in [0.1, 0.15) is 5.60 Å². The summed E-state index contributed by atoms with van der Waals surface area (Å²) in [4.78, 5) is 12.8. The minimum atomic E-state index is -0.417. The maximum Gasteiger partial charge on any atom is 0.314 e. The molecule has 1 heterocycles. The highest BCUT2D eigenvalue weighted by Gasteiger charge is 2.23. The van der Waals surface area contributed by atoms with Crippen molar-refractivity contribution in [2.45, 2.75) is 39.2 Å². The summed E-state index contributed by atoms with van der Waals surface area (Å²) in [6.07, 6.45) is 0. The predicted octanol–water partition coefficient (Wildman–Crippen LogP) is 3.96. The first-order valence-corrected chi connectivity index (χ1v) is 6.43. The van der Waals surface area contributed by atoms with E-state index in [2.05, 4.69) is 15.9 Å². The molecule has 84 valence electrons. The van der Waals surface area contributed by atoms with Gasteiger partial charge in [-0.1, -0.05) is 0 Å². The molecule has 0 aliphatic rings. The Bertz CT molecular complexity index is 352. The molecule has 0 amide bonds. The van der Waals surface area contributed by atoms with Crippen LogP contribution in [0.4, 0.5) is 0 Å². The van der Waals surface area contributed by atoms with Crippen LogP contribution in [0.1, 0.15) is 38.5 Å². The molecule has 0 radical (unpaired) electrons.